The van der Waals surface area contributed by atoms with Crippen LogP contribution in [-0.4, -0.2) is 11.6 Å². The van der Waals surface area contributed by atoms with Gasteiger partial charge in [-0.1, -0.05) is 190 Å². The van der Waals surface area contributed by atoms with Crippen LogP contribution < -0.4 is 9.80 Å². The second-order valence-electron chi connectivity index (χ2n) is 16.0. The Morgan fingerprint density at radius 3 is 1.05 bits per heavy atom. The van der Waals surface area contributed by atoms with Gasteiger partial charge in [0.25, 0.3) is 0 Å². The summed E-state index contributed by atoms with van der Waals surface area (Å²) in [5.41, 5.74) is 8.22. The fraction of sp³-hybridized carbons (Fsp3) is 0.604. The van der Waals surface area contributed by atoms with Gasteiger partial charge in [-0.25, -0.2) is 4.99 Å². The Morgan fingerprint density at radius 2 is 0.786 bits per heavy atom. The lowest BCUT2D eigenvalue weighted by atomic mass is 9.82. The maximum Gasteiger partial charge on any atom is 0.151 e. The van der Waals surface area contributed by atoms with E-state index in [1.165, 1.54) is 22.3 Å². The highest BCUT2D eigenvalue weighted by atomic mass is 35.5. The molecule has 0 saturated heterocycles. The van der Waals surface area contributed by atoms with Gasteiger partial charge in [-0.15, -0.1) is 11.6 Å². The molecular weight excluding hydrogens is 796 g/mol. The summed E-state index contributed by atoms with van der Waals surface area (Å²) in [6.07, 6.45) is 19.1. The molecule has 2 aliphatic rings. The largest absolute Gasteiger partial charge is 0.283 e. The van der Waals surface area contributed by atoms with Crippen molar-refractivity contribution in [2.45, 2.75) is 187 Å². The molecule has 3 nitrogen and oxygen atoms in total. The Labute approximate surface area is 365 Å². The molecule has 1 atom stereocenters. The molecule has 2 aliphatic heterocycles. The third-order valence-electron chi connectivity index (χ3n) is 11.8. The van der Waals surface area contributed by atoms with E-state index in [1.54, 1.807) is 6.21 Å². The molecule has 2 aromatic carbocycles. The van der Waals surface area contributed by atoms with E-state index in [-0.39, 0.29) is 5.16 Å². The fourth-order valence-electron chi connectivity index (χ4n) is 9.41. The van der Waals surface area contributed by atoms with Crippen LogP contribution in [0, 0.1) is 0 Å². The Balaban J connectivity index is 2.25. The number of alkyl halides is 1. The molecule has 0 amide bonds. The molecule has 2 heterocycles. The maximum absolute atomic E-state index is 7.84. The quantitative estimate of drug-likeness (QED) is 0.0867. The van der Waals surface area contributed by atoms with Crippen molar-refractivity contribution >= 4 is 75.6 Å². The highest BCUT2D eigenvalue weighted by Gasteiger charge is 2.44. The van der Waals surface area contributed by atoms with Gasteiger partial charge in [-0.05, 0) is 97.3 Å². The molecule has 4 rings (SSSR count). The first-order chi connectivity index (χ1) is 27.1. The number of aliphatic imine (C=N–C) groups is 1. The molecule has 0 spiro atoms. The summed E-state index contributed by atoms with van der Waals surface area (Å²) in [4.78, 5) is 9.14. The zero-order valence-corrected chi connectivity index (χ0v) is 39.3. The van der Waals surface area contributed by atoms with Gasteiger partial charge in [0, 0.05) is 11.8 Å². The molecule has 0 bridgehead atoms. The van der Waals surface area contributed by atoms with Gasteiger partial charge < -0.3 is 0 Å². The number of benzene rings is 2. The number of hydrogen-bond acceptors (Lipinski definition) is 3. The predicted octanol–water partition coefficient (Wildman–Crippen LogP) is 17.9. The summed E-state index contributed by atoms with van der Waals surface area (Å²) >= 11 is 36.7. The van der Waals surface area contributed by atoms with Crippen molar-refractivity contribution in [3.8, 4) is 0 Å². The number of halogens is 5. The lowest BCUT2D eigenvalue weighted by molar-refractivity contribution is 0.547. The molecule has 0 aromatic heterocycles. The molecule has 2 aromatic rings. The Kier molecular flexibility index (Phi) is 19.5. The van der Waals surface area contributed by atoms with Gasteiger partial charge in [0.1, 0.15) is 16.4 Å². The van der Waals surface area contributed by atoms with Gasteiger partial charge in [-0.2, -0.15) is 0 Å². The van der Waals surface area contributed by atoms with E-state index < -0.39 is 5.38 Å². The van der Waals surface area contributed by atoms with E-state index in [9.17, 15) is 0 Å². The van der Waals surface area contributed by atoms with Crippen molar-refractivity contribution < 1.29 is 0 Å². The summed E-state index contributed by atoms with van der Waals surface area (Å²) in [6.45, 7) is 18.3. The molecule has 1 unspecified atom stereocenters. The Hall–Kier alpha value is -1.62. The van der Waals surface area contributed by atoms with Crippen LogP contribution in [-0.2, 0) is 0 Å². The smallest absolute Gasteiger partial charge is 0.151 e. The van der Waals surface area contributed by atoms with Crippen molar-refractivity contribution in [1.29, 1.82) is 0 Å². The Bertz CT molecular complexity index is 1520. The minimum atomic E-state index is -0.756. The van der Waals surface area contributed by atoms with Gasteiger partial charge in [-0.3, -0.25) is 9.80 Å². The second kappa shape index (κ2) is 23.2. The first-order valence-corrected chi connectivity index (χ1v) is 23.9. The molecule has 0 aliphatic carbocycles. The van der Waals surface area contributed by atoms with Crippen molar-refractivity contribution in [2.75, 3.05) is 9.80 Å². The molecule has 0 saturated carbocycles. The standard InChI is InChI=1S/C48H68Cl5N3/c1-9-19-32(20-10-2)36-27-17-28-37(33(21-11-3)22-12-4)43(36)55-46(52)47(53)56(48(55)40-31-54-45(51)42(50)41(40)49)44-38(34(23-13-5)24-14-6)29-18-30-39(44)35(25-15-7)26-16-8/h17-18,27-35,41H,9-16,19-26H2,1-8H3. The lowest BCUT2D eigenvalue weighted by Crippen LogP contribution is -2.33. The number of rotatable bonds is 22. The first-order valence-electron chi connectivity index (χ1n) is 22.0. The average molecular weight is 864 g/mol. The molecule has 310 valence electrons. The van der Waals surface area contributed by atoms with Crippen LogP contribution in [0.2, 0.25) is 0 Å². The summed E-state index contributed by atoms with van der Waals surface area (Å²) in [5.74, 6) is 2.17. The topological polar surface area (TPSA) is 18.8 Å². The van der Waals surface area contributed by atoms with E-state index in [4.69, 9.17) is 58.0 Å². The van der Waals surface area contributed by atoms with Gasteiger partial charge in [0.15, 0.2) is 10.3 Å². The molecule has 0 fully saturated rings. The number of para-hydroxylation sites is 2. The van der Waals surface area contributed by atoms with Crippen molar-refractivity contribution in [1.82, 2.24) is 0 Å². The van der Waals surface area contributed by atoms with Gasteiger partial charge >= 0.3 is 0 Å². The maximum atomic E-state index is 7.84. The highest BCUT2D eigenvalue weighted by molar-refractivity contribution is 6.46. The lowest BCUT2D eigenvalue weighted by Gasteiger charge is -2.37. The zero-order valence-electron chi connectivity index (χ0n) is 35.5. The number of anilines is 2. The number of nitrogens with zero attached hydrogens (tertiary/aromatic N) is 3. The minimum Gasteiger partial charge on any atom is -0.283 e. The van der Waals surface area contributed by atoms with E-state index in [0.29, 0.717) is 39.0 Å². The van der Waals surface area contributed by atoms with Crippen molar-refractivity contribution in [3.05, 3.63) is 90.5 Å². The van der Waals surface area contributed by atoms with Crippen LogP contribution in [0.1, 0.15) is 204 Å². The normalized spacial score (nSPS) is 16.5. The monoisotopic (exact) mass is 861 g/mol. The Morgan fingerprint density at radius 1 is 0.500 bits per heavy atom. The van der Waals surface area contributed by atoms with E-state index in [1.807, 2.05) is 0 Å². The molecule has 0 radical (unpaired) electrons. The molecule has 8 heteroatoms. The average Bonchev–Trinajstić information content (AvgIpc) is 3.44. The summed E-state index contributed by atoms with van der Waals surface area (Å²) < 4.78 is 0. The molecule has 0 N–H and O–H groups in total. The predicted molar refractivity (Wildman–Crippen MR) is 251 cm³/mol. The minimum absolute atomic E-state index is 0.202. The SMILES string of the molecule is CCCC(CCC)c1cccc(C(CCC)CCC)c1N1C(Cl)=C(Cl)N(c2c(C(CCC)CCC)cccc2C(CCC)CCC)C1=C1C=NC(Cl)=C(Cl)C1Cl. The fourth-order valence-corrected chi connectivity index (χ4v) is 10.5. The third kappa shape index (κ3) is 10.4. The summed E-state index contributed by atoms with van der Waals surface area (Å²) in [5, 5.41) is 0.692. The number of hydrogen-bond donors (Lipinski definition) is 0. The molecule has 56 heavy (non-hydrogen) atoms. The van der Waals surface area contributed by atoms with Crippen LogP contribution >= 0.6 is 58.0 Å². The second-order valence-corrected chi connectivity index (χ2v) is 17.9. The van der Waals surface area contributed by atoms with Crippen LogP contribution in [0.3, 0.4) is 0 Å². The third-order valence-corrected chi connectivity index (χ3v) is 13.9. The van der Waals surface area contributed by atoms with Crippen LogP contribution in [0.15, 0.2) is 73.3 Å². The highest BCUT2D eigenvalue weighted by Crippen LogP contribution is 2.54. The van der Waals surface area contributed by atoms with E-state index in [2.05, 4.69) is 107 Å². The van der Waals surface area contributed by atoms with Crippen molar-refractivity contribution in [3.63, 3.8) is 0 Å². The van der Waals surface area contributed by atoms with Gasteiger partial charge in [0.2, 0.25) is 0 Å². The van der Waals surface area contributed by atoms with Crippen LogP contribution in [0.5, 0.6) is 0 Å². The van der Waals surface area contributed by atoms with E-state index in [0.717, 1.165) is 126 Å². The van der Waals surface area contributed by atoms with Crippen LogP contribution in [0.25, 0.3) is 0 Å². The number of allylic oxidation sites excluding steroid dienone is 2. The zero-order chi connectivity index (χ0) is 40.9. The summed E-state index contributed by atoms with van der Waals surface area (Å²) in [7, 11) is 0. The van der Waals surface area contributed by atoms with Crippen molar-refractivity contribution in [2.24, 2.45) is 4.99 Å². The molecular formula is C48H68Cl5N3. The first kappa shape index (κ1) is 47.1. The summed E-state index contributed by atoms with van der Waals surface area (Å²) in [6, 6.07) is 13.9. The van der Waals surface area contributed by atoms with Crippen LogP contribution in [0.4, 0.5) is 11.4 Å². The van der Waals surface area contributed by atoms with E-state index >= 15 is 0 Å². The van der Waals surface area contributed by atoms with Gasteiger partial charge in [0.05, 0.1) is 16.4 Å².